The number of nitrogens with one attached hydrogen (secondary N) is 1. The predicted molar refractivity (Wildman–Crippen MR) is 122 cm³/mol. The standard InChI is InChI=1S/C23H16ClN5O3/c24-16-8-6-15(7-9-16)18-13-26-29-20-10-11-28(23(31)19(20)12-25-22(18)29)27-21(30)14-32-17-4-2-1-3-5-17/h1-13H,14H2,(H,27,30). The molecule has 0 aliphatic rings. The van der Waals surface area contributed by atoms with E-state index in [4.69, 9.17) is 16.3 Å². The highest BCUT2D eigenvalue weighted by Gasteiger charge is 2.14. The van der Waals surface area contributed by atoms with Gasteiger partial charge in [-0.15, -0.1) is 0 Å². The van der Waals surface area contributed by atoms with Crippen LogP contribution in [0.2, 0.25) is 5.02 Å². The number of para-hydroxylation sites is 1. The summed E-state index contributed by atoms with van der Waals surface area (Å²) in [6.45, 7) is -0.227. The number of pyridine rings is 1. The number of benzene rings is 2. The summed E-state index contributed by atoms with van der Waals surface area (Å²) in [5.41, 5.74) is 5.02. The van der Waals surface area contributed by atoms with E-state index < -0.39 is 11.5 Å². The molecule has 0 atom stereocenters. The molecule has 0 bridgehead atoms. The molecule has 0 fully saturated rings. The first-order valence-corrected chi connectivity index (χ1v) is 10.1. The first kappa shape index (κ1) is 19.8. The average molecular weight is 446 g/mol. The summed E-state index contributed by atoms with van der Waals surface area (Å²) in [7, 11) is 0. The van der Waals surface area contributed by atoms with Crippen LogP contribution in [0.1, 0.15) is 0 Å². The molecule has 8 nitrogen and oxygen atoms in total. The molecule has 0 aliphatic heterocycles. The van der Waals surface area contributed by atoms with Gasteiger partial charge in [-0.1, -0.05) is 41.9 Å². The predicted octanol–water partition coefficient (Wildman–Crippen LogP) is 3.51. The molecule has 5 aromatic rings. The van der Waals surface area contributed by atoms with Crippen LogP contribution in [0, 0.1) is 0 Å². The van der Waals surface area contributed by atoms with Crippen molar-refractivity contribution in [2.75, 3.05) is 12.0 Å². The highest BCUT2D eigenvalue weighted by molar-refractivity contribution is 6.30. The van der Waals surface area contributed by atoms with Gasteiger partial charge in [0.25, 0.3) is 11.5 Å². The smallest absolute Gasteiger partial charge is 0.280 e. The maximum Gasteiger partial charge on any atom is 0.280 e. The normalized spacial score (nSPS) is 11.0. The lowest BCUT2D eigenvalue weighted by Crippen LogP contribution is -2.35. The van der Waals surface area contributed by atoms with Crippen LogP contribution in [0.15, 0.2) is 84.0 Å². The van der Waals surface area contributed by atoms with Gasteiger partial charge < -0.3 is 4.74 Å². The van der Waals surface area contributed by atoms with Gasteiger partial charge in [0.2, 0.25) is 0 Å². The number of ether oxygens (including phenoxy) is 1. The lowest BCUT2D eigenvalue weighted by molar-refractivity contribution is -0.119. The minimum atomic E-state index is -0.464. The van der Waals surface area contributed by atoms with Crippen molar-refractivity contribution in [2.24, 2.45) is 0 Å². The lowest BCUT2D eigenvalue weighted by Gasteiger charge is -2.10. The fourth-order valence-corrected chi connectivity index (χ4v) is 3.50. The van der Waals surface area contributed by atoms with Gasteiger partial charge in [-0.05, 0) is 35.9 Å². The van der Waals surface area contributed by atoms with E-state index in [-0.39, 0.29) is 6.61 Å². The largest absolute Gasteiger partial charge is 0.484 e. The summed E-state index contributed by atoms with van der Waals surface area (Å²) in [6.07, 6.45) is 4.66. The number of carbonyl (C=O) groups is 1. The molecule has 32 heavy (non-hydrogen) atoms. The van der Waals surface area contributed by atoms with E-state index in [0.717, 1.165) is 15.8 Å². The van der Waals surface area contributed by atoms with Crippen molar-refractivity contribution >= 4 is 34.1 Å². The second-order valence-electron chi connectivity index (χ2n) is 6.99. The monoisotopic (exact) mass is 445 g/mol. The average Bonchev–Trinajstić information content (AvgIpc) is 3.25. The Kier molecular flexibility index (Phi) is 5.04. The number of carbonyl (C=O) groups excluding carboxylic acids is 1. The number of aromatic nitrogens is 4. The molecule has 0 unspecified atom stereocenters. The molecule has 0 saturated carbocycles. The van der Waals surface area contributed by atoms with Gasteiger partial charge in [0.15, 0.2) is 12.3 Å². The maximum absolute atomic E-state index is 12.9. The number of amides is 1. The number of hydrogen-bond donors (Lipinski definition) is 1. The van der Waals surface area contributed by atoms with Crippen LogP contribution in [0.25, 0.3) is 27.7 Å². The fourth-order valence-electron chi connectivity index (χ4n) is 3.37. The van der Waals surface area contributed by atoms with Gasteiger partial charge in [0.1, 0.15) is 5.75 Å². The zero-order valence-electron chi connectivity index (χ0n) is 16.6. The van der Waals surface area contributed by atoms with E-state index >= 15 is 0 Å². The van der Waals surface area contributed by atoms with Crippen molar-refractivity contribution in [2.45, 2.75) is 0 Å². The molecule has 1 amide bonds. The maximum atomic E-state index is 12.9. The zero-order chi connectivity index (χ0) is 22.1. The minimum Gasteiger partial charge on any atom is -0.484 e. The molecule has 5 rings (SSSR count). The van der Waals surface area contributed by atoms with Crippen LogP contribution in [0.5, 0.6) is 5.75 Å². The fraction of sp³-hybridized carbons (Fsp3) is 0.0435. The van der Waals surface area contributed by atoms with Gasteiger partial charge >= 0.3 is 0 Å². The molecule has 3 heterocycles. The molecule has 0 radical (unpaired) electrons. The molecule has 158 valence electrons. The molecular formula is C23H16ClN5O3. The Morgan fingerprint density at radius 1 is 1.03 bits per heavy atom. The first-order chi connectivity index (χ1) is 15.6. The summed E-state index contributed by atoms with van der Waals surface area (Å²) in [5, 5.41) is 5.36. The Morgan fingerprint density at radius 2 is 1.81 bits per heavy atom. The van der Waals surface area contributed by atoms with Crippen LogP contribution < -0.4 is 15.7 Å². The second-order valence-corrected chi connectivity index (χ2v) is 7.42. The third-order valence-electron chi connectivity index (χ3n) is 4.91. The summed E-state index contributed by atoms with van der Waals surface area (Å²) in [5.74, 6) is 0.101. The third kappa shape index (κ3) is 3.67. The highest BCUT2D eigenvalue weighted by atomic mass is 35.5. The molecule has 0 aliphatic carbocycles. The molecule has 1 N–H and O–H groups in total. The van der Waals surface area contributed by atoms with E-state index in [9.17, 15) is 9.59 Å². The van der Waals surface area contributed by atoms with Crippen molar-refractivity contribution in [3.05, 3.63) is 94.6 Å². The highest BCUT2D eigenvalue weighted by Crippen LogP contribution is 2.26. The topological polar surface area (TPSA) is 90.5 Å². The SMILES string of the molecule is O=C(COc1ccccc1)Nn1ccc2c(cnc3c(-c4ccc(Cl)cc4)cnn32)c1=O. The van der Waals surface area contributed by atoms with Crippen LogP contribution in [-0.2, 0) is 4.79 Å². The van der Waals surface area contributed by atoms with Crippen LogP contribution in [0.3, 0.4) is 0 Å². The minimum absolute atomic E-state index is 0.227. The summed E-state index contributed by atoms with van der Waals surface area (Å²) >= 11 is 5.98. The van der Waals surface area contributed by atoms with E-state index in [0.29, 0.717) is 27.3 Å². The lowest BCUT2D eigenvalue weighted by atomic mass is 10.1. The van der Waals surface area contributed by atoms with E-state index in [1.807, 2.05) is 30.3 Å². The number of nitrogens with zero attached hydrogens (tertiary/aromatic N) is 4. The van der Waals surface area contributed by atoms with Crippen molar-refractivity contribution in [3.8, 4) is 16.9 Å². The van der Waals surface area contributed by atoms with Crippen LogP contribution in [-0.4, -0.2) is 31.8 Å². The summed E-state index contributed by atoms with van der Waals surface area (Å²) in [4.78, 5) is 29.6. The van der Waals surface area contributed by atoms with Crippen molar-refractivity contribution in [1.82, 2.24) is 19.3 Å². The van der Waals surface area contributed by atoms with E-state index in [1.165, 1.54) is 12.4 Å². The molecule has 0 saturated heterocycles. The molecule has 2 aromatic carbocycles. The number of halogens is 1. The quantitative estimate of drug-likeness (QED) is 0.447. The number of rotatable bonds is 5. The van der Waals surface area contributed by atoms with E-state index in [2.05, 4.69) is 15.5 Å². The number of hydrogen-bond acceptors (Lipinski definition) is 5. The second kappa shape index (κ2) is 8.16. The van der Waals surface area contributed by atoms with Gasteiger partial charge in [0.05, 0.1) is 17.1 Å². The van der Waals surface area contributed by atoms with Crippen molar-refractivity contribution in [3.63, 3.8) is 0 Å². The molecule has 9 heteroatoms. The van der Waals surface area contributed by atoms with Gasteiger partial charge in [-0.3, -0.25) is 15.0 Å². The Balaban J connectivity index is 1.43. The van der Waals surface area contributed by atoms with Crippen LogP contribution in [0.4, 0.5) is 0 Å². The Labute approximate surface area is 186 Å². The Morgan fingerprint density at radius 3 is 2.59 bits per heavy atom. The first-order valence-electron chi connectivity index (χ1n) is 9.72. The van der Waals surface area contributed by atoms with Gasteiger partial charge in [-0.25, -0.2) is 14.2 Å². The third-order valence-corrected chi connectivity index (χ3v) is 5.16. The van der Waals surface area contributed by atoms with Crippen LogP contribution >= 0.6 is 11.6 Å². The summed E-state index contributed by atoms with van der Waals surface area (Å²) in [6, 6.07) is 18.0. The van der Waals surface area contributed by atoms with Gasteiger partial charge in [-0.2, -0.15) is 5.10 Å². The zero-order valence-corrected chi connectivity index (χ0v) is 17.4. The Bertz CT molecular complexity index is 1490. The molecule has 0 spiro atoms. The summed E-state index contributed by atoms with van der Waals surface area (Å²) < 4.78 is 8.12. The van der Waals surface area contributed by atoms with E-state index in [1.54, 1.807) is 41.0 Å². The van der Waals surface area contributed by atoms with Crippen molar-refractivity contribution in [1.29, 1.82) is 0 Å². The van der Waals surface area contributed by atoms with Gasteiger partial charge in [0, 0.05) is 23.0 Å². The number of fused-ring (bicyclic) bond motifs is 3. The van der Waals surface area contributed by atoms with Crippen molar-refractivity contribution < 1.29 is 9.53 Å². The molecular weight excluding hydrogens is 430 g/mol. The molecule has 3 aromatic heterocycles. The Hall–Kier alpha value is -4.17.